The maximum atomic E-state index is 13.3. The number of aliphatic hydroxyl groups is 1. The number of amides is 1. The first-order valence-electron chi connectivity index (χ1n) is 7.55. The normalized spacial score (nSPS) is 20.6. The molecule has 1 N–H and O–H groups in total. The summed E-state index contributed by atoms with van der Waals surface area (Å²) in [6.45, 7) is 2.58. The summed E-state index contributed by atoms with van der Waals surface area (Å²) >= 11 is 0. The molecule has 6 nitrogen and oxygen atoms in total. The van der Waals surface area contributed by atoms with Crippen molar-refractivity contribution in [1.82, 2.24) is 5.01 Å². The Labute approximate surface area is 142 Å². The summed E-state index contributed by atoms with van der Waals surface area (Å²) in [5, 5.41) is 13.8. The summed E-state index contributed by atoms with van der Waals surface area (Å²) in [4.78, 5) is 12.2. The average molecular weight is 360 g/mol. The van der Waals surface area contributed by atoms with E-state index in [4.69, 9.17) is 9.47 Å². The van der Waals surface area contributed by atoms with Crippen molar-refractivity contribution >= 4 is 11.6 Å². The second kappa shape index (κ2) is 6.91. The van der Waals surface area contributed by atoms with E-state index in [1.807, 2.05) is 0 Å². The first-order chi connectivity index (χ1) is 11.6. The van der Waals surface area contributed by atoms with Gasteiger partial charge in [-0.3, -0.25) is 4.79 Å². The highest BCUT2D eigenvalue weighted by molar-refractivity contribution is 5.92. The Kier molecular flexibility index (Phi) is 5.26. The van der Waals surface area contributed by atoms with Crippen molar-refractivity contribution in [2.45, 2.75) is 32.2 Å². The number of rotatable bonds is 5. The minimum Gasteiger partial charge on any atom is -0.497 e. The lowest BCUT2D eigenvalue weighted by Crippen LogP contribution is -2.57. The van der Waals surface area contributed by atoms with Gasteiger partial charge in [-0.1, -0.05) is 13.8 Å². The van der Waals surface area contributed by atoms with E-state index >= 15 is 0 Å². The summed E-state index contributed by atoms with van der Waals surface area (Å²) in [5.74, 6) is -0.590. The minimum absolute atomic E-state index is 0.0753. The molecule has 0 saturated heterocycles. The molecule has 1 aliphatic rings. The molecule has 0 aromatic heterocycles. The number of benzene rings is 1. The largest absolute Gasteiger partial charge is 0.497 e. The molecule has 1 amide bonds. The molecule has 138 valence electrons. The summed E-state index contributed by atoms with van der Waals surface area (Å²) < 4.78 is 50.0. The van der Waals surface area contributed by atoms with Crippen LogP contribution in [0, 0.1) is 5.92 Å². The molecule has 0 fully saturated rings. The molecule has 1 heterocycles. The highest BCUT2D eigenvalue weighted by Gasteiger charge is 2.63. The molecule has 1 aromatic rings. The Morgan fingerprint density at radius 1 is 1.32 bits per heavy atom. The maximum Gasteiger partial charge on any atom is 0.438 e. The van der Waals surface area contributed by atoms with E-state index < -0.39 is 30.8 Å². The molecule has 9 heteroatoms. The van der Waals surface area contributed by atoms with Crippen LogP contribution in [0.15, 0.2) is 29.4 Å². The summed E-state index contributed by atoms with van der Waals surface area (Å²) in [5.41, 5.74) is -3.26. The lowest BCUT2D eigenvalue weighted by Gasteiger charge is -2.32. The van der Waals surface area contributed by atoms with Crippen molar-refractivity contribution in [3.8, 4) is 11.5 Å². The van der Waals surface area contributed by atoms with Crippen LogP contribution in [0.5, 0.6) is 11.5 Å². The van der Waals surface area contributed by atoms with Crippen LogP contribution in [0.4, 0.5) is 13.2 Å². The number of ether oxygens (including phenoxy) is 2. The van der Waals surface area contributed by atoms with E-state index in [9.17, 15) is 23.1 Å². The lowest BCUT2D eigenvalue weighted by molar-refractivity contribution is -0.302. The SMILES string of the molecule is COc1ccc(OCC(=O)N2N=C(C(C)C)C[C@@]2(O)C(F)(F)F)cc1. The van der Waals surface area contributed by atoms with Gasteiger partial charge in [0.05, 0.1) is 7.11 Å². The number of alkyl halides is 3. The Morgan fingerprint density at radius 3 is 2.36 bits per heavy atom. The number of hydrogen-bond donors (Lipinski definition) is 1. The zero-order valence-corrected chi connectivity index (χ0v) is 14.0. The number of nitrogens with zero attached hydrogens (tertiary/aromatic N) is 2. The fourth-order valence-corrected chi connectivity index (χ4v) is 2.25. The van der Waals surface area contributed by atoms with Crippen LogP contribution in [0.25, 0.3) is 0 Å². The molecule has 0 bridgehead atoms. The maximum absolute atomic E-state index is 13.3. The third-order valence-electron chi connectivity index (χ3n) is 3.78. The predicted octanol–water partition coefficient (Wildman–Crippen LogP) is 2.57. The van der Waals surface area contributed by atoms with E-state index in [0.717, 1.165) is 0 Å². The highest BCUT2D eigenvalue weighted by atomic mass is 19.4. The fourth-order valence-electron chi connectivity index (χ4n) is 2.25. The number of halogens is 3. The lowest BCUT2D eigenvalue weighted by atomic mass is 9.99. The summed E-state index contributed by atoms with van der Waals surface area (Å²) in [6, 6.07) is 6.18. The molecule has 1 aliphatic heterocycles. The van der Waals surface area contributed by atoms with E-state index in [0.29, 0.717) is 5.75 Å². The minimum atomic E-state index is -5.04. The molecule has 25 heavy (non-hydrogen) atoms. The van der Waals surface area contributed by atoms with Crippen molar-refractivity contribution < 1.29 is 32.5 Å². The van der Waals surface area contributed by atoms with Crippen LogP contribution in [0.2, 0.25) is 0 Å². The van der Waals surface area contributed by atoms with Gasteiger partial charge < -0.3 is 14.6 Å². The molecule has 0 spiro atoms. The van der Waals surface area contributed by atoms with Crippen molar-refractivity contribution in [2.24, 2.45) is 11.0 Å². The van der Waals surface area contributed by atoms with Crippen LogP contribution >= 0.6 is 0 Å². The highest BCUT2D eigenvalue weighted by Crippen LogP contribution is 2.41. The van der Waals surface area contributed by atoms with Gasteiger partial charge in [0.1, 0.15) is 11.5 Å². The average Bonchev–Trinajstić information content (AvgIpc) is 2.92. The van der Waals surface area contributed by atoms with Crippen molar-refractivity contribution in [3.05, 3.63) is 24.3 Å². The van der Waals surface area contributed by atoms with Gasteiger partial charge in [0.15, 0.2) is 6.61 Å². The number of hydrogen-bond acceptors (Lipinski definition) is 5. The van der Waals surface area contributed by atoms with Gasteiger partial charge in [0.2, 0.25) is 0 Å². The number of methoxy groups -OCH3 is 1. The van der Waals surface area contributed by atoms with Crippen molar-refractivity contribution in [3.63, 3.8) is 0 Å². The predicted molar refractivity (Wildman–Crippen MR) is 83.2 cm³/mol. The topological polar surface area (TPSA) is 71.4 Å². The van der Waals surface area contributed by atoms with Gasteiger partial charge in [0.25, 0.3) is 11.6 Å². The fraction of sp³-hybridized carbons (Fsp3) is 0.500. The van der Waals surface area contributed by atoms with Crippen molar-refractivity contribution in [2.75, 3.05) is 13.7 Å². The number of carbonyl (C=O) groups is 1. The van der Waals surface area contributed by atoms with E-state index in [1.165, 1.54) is 19.2 Å². The van der Waals surface area contributed by atoms with Gasteiger partial charge in [-0.2, -0.15) is 23.3 Å². The molecule has 0 unspecified atom stereocenters. The third kappa shape index (κ3) is 3.87. The zero-order valence-electron chi connectivity index (χ0n) is 14.0. The van der Waals surface area contributed by atoms with Gasteiger partial charge >= 0.3 is 6.18 Å². The monoisotopic (exact) mass is 360 g/mol. The second-order valence-electron chi connectivity index (χ2n) is 5.91. The number of hydrazone groups is 1. The van der Waals surface area contributed by atoms with E-state index in [2.05, 4.69) is 5.10 Å². The first-order valence-corrected chi connectivity index (χ1v) is 7.55. The second-order valence-corrected chi connectivity index (χ2v) is 5.91. The first kappa shape index (κ1) is 19.0. The van der Waals surface area contributed by atoms with Crippen LogP contribution in [0.3, 0.4) is 0 Å². The van der Waals surface area contributed by atoms with E-state index in [-0.39, 0.29) is 22.4 Å². The quantitative estimate of drug-likeness (QED) is 0.876. The standard InChI is InChI=1S/C16H19F3N2O4/c1-10(2)13-8-15(23,16(17,18)19)21(20-13)14(22)9-25-12-6-4-11(24-3)5-7-12/h4-7,10,23H,8-9H2,1-3H3/t15-/m1/s1. The summed E-state index contributed by atoms with van der Waals surface area (Å²) in [7, 11) is 1.48. The van der Waals surface area contributed by atoms with Gasteiger partial charge in [-0.05, 0) is 30.2 Å². The Hall–Kier alpha value is -2.29. The van der Waals surface area contributed by atoms with Crippen LogP contribution in [-0.4, -0.2) is 47.4 Å². The molecule has 0 saturated carbocycles. The molecule has 1 aromatic carbocycles. The zero-order chi connectivity index (χ0) is 18.8. The van der Waals surface area contributed by atoms with Gasteiger partial charge in [0, 0.05) is 12.1 Å². The Morgan fingerprint density at radius 2 is 1.88 bits per heavy atom. The number of carbonyl (C=O) groups excluding carboxylic acids is 1. The molecular formula is C16H19F3N2O4. The van der Waals surface area contributed by atoms with Gasteiger partial charge in [-0.15, -0.1) is 0 Å². The molecule has 0 aliphatic carbocycles. The third-order valence-corrected chi connectivity index (χ3v) is 3.78. The molecule has 2 rings (SSSR count). The van der Waals surface area contributed by atoms with Gasteiger partial charge in [-0.25, -0.2) is 0 Å². The smallest absolute Gasteiger partial charge is 0.438 e. The van der Waals surface area contributed by atoms with Crippen LogP contribution < -0.4 is 9.47 Å². The van der Waals surface area contributed by atoms with Crippen molar-refractivity contribution in [1.29, 1.82) is 0 Å². The van der Waals surface area contributed by atoms with Crippen LogP contribution in [-0.2, 0) is 4.79 Å². The van der Waals surface area contributed by atoms with E-state index in [1.54, 1.807) is 26.0 Å². The molecule has 0 radical (unpaired) electrons. The Bertz CT molecular complexity index is 658. The molecule has 1 atom stereocenters. The van der Waals surface area contributed by atoms with Crippen LogP contribution in [0.1, 0.15) is 20.3 Å². The molecular weight excluding hydrogens is 341 g/mol. The summed E-state index contributed by atoms with van der Waals surface area (Å²) in [6.07, 6.45) is -5.81. The Balaban J connectivity index is 2.13.